The SMILES string of the molecule is COc1ccc(CNS(=O)(=O)c2ccc(Cl)s2)cc1N. The summed E-state index contributed by atoms with van der Waals surface area (Å²) < 4.78 is 32.2. The highest BCUT2D eigenvalue weighted by Crippen LogP contribution is 2.26. The zero-order valence-electron chi connectivity index (χ0n) is 10.6. The van der Waals surface area contributed by atoms with Crippen molar-refractivity contribution in [3.05, 3.63) is 40.2 Å². The lowest BCUT2D eigenvalue weighted by atomic mass is 10.2. The van der Waals surface area contributed by atoms with Crippen molar-refractivity contribution in [2.75, 3.05) is 12.8 Å². The molecular formula is C12H13ClN2O3S2. The maximum atomic E-state index is 12.0. The zero-order chi connectivity index (χ0) is 14.8. The van der Waals surface area contributed by atoms with Crippen molar-refractivity contribution in [1.82, 2.24) is 4.72 Å². The molecule has 0 aliphatic carbocycles. The molecule has 0 amide bonds. The van der Waals surface area contributed by atoms with Crippen LogP contribution >= 0.6 is 22.9 Å². The molecule has 8 heteroatoms. The van der Waals surface area contributed by atoms with Gasteiger partial charge in [-0.15, -0.1) is 11.3 Å². The van der Waals surface area contributed by atoms with E-state index in [2.05, 4.69) is 4.72 Å². The molecule has 2 aromatic rings. The topological polar surface area (TPSA) is 81.4 Å². The van der Waals surface area contributed by atoms with E-state index in [1.165, 1.54) is 13.2 Å². The van der Waals surface area contributed by atoms with E-state index in [0.717, 1.165) is 16.9 Å². The molecule has 20 heavy (non-hydrogen) atoms. The molecule has 0 radical (unpaired) electrons. The van der Waals surface area contributed by atoms with Crippen molar-refractivity contribution >= 4 is 38.6 Å². The summed E-state index contributed by atoms with van der Waals surface area (Å²) >= 11 is 6.74. The average molecular weight is 333 g/mol. The lowest BCUT2D eigenvalue weighted by molar-refractivity contribution is 0.417. The molecule has 108 valence electrons. The average Bonchev–Trinajstić information content (AvgIpc) is 2.84. The van der Waals surface area contributed by atoms with E-state index in [9.17, 15) is 8.42 Å². The Balaban J connectivity index is 2.10. The van der Waals surface area contributed by atoms with Gasteiger partial charge >= 0.3 is 0 Å². The van der Waals surface area contributed by atoms with Gasteiger partial charge in [0.15, 0.2) is 0 Å². The highest BCUT2D eigenvalue weighted by molar-refractivity contribution is 7.91. The van der Waals surface area contributed by atoms with Crippen molar-refractivity contribution < 1.29 is 13.2 Å². The molecule has 0 aliphatic heterocycles. The molecule has 1 aromatic carbocycles. The molecule has 1 heterocycles. The first-order valence-corrected chi connectivity index (χ1v) is 8.27. The largest absolute Gasteiger partial charge is 0.495 e. The first-order chi connectivity index (χ1) is 9.42. The molecule has 3 N–H and O–H groups in total. The lowest BCUT2D eigenvalue weighted by Gasteiger charge is -2.08. The molecule has 0 saturated heterocycles. The second kappa shape index (κ2) is 6.01. The van der Waals surface area contributed by atoms with E-state index in [1.54, 1.807) is 24.3 Å². The van der Waals surface area contributed by atoms with Gasteiger partial charge in [-0.1, -0.05) is 17.7 Å². The highest BCUT2D eigenvalue weighted by Gasteiger charge is 2.16. The number of anilines is 1. The van der Waals surface area contributed by atoms with Gasteiger partial charge in [0, 0.05) is 6.54 Å². The van der Waals surface area contributed by atoms with E-state index < -0.39 is 10.0 Å². The fourth-order valence-electron chi connectivity index (χ4n) is 1.59. The Hall–Kier alpha value is -1.28. The van der Waals surface area contributed by atoms with Crippen molar-refractivity contribution in [2.45, 2.75) is 10.8 Å². The number of halogens is 1. The summed E-state index contributed by atoms with van der Waals surface area (Å²) in [6, 6.07) is 8.13. The van der Waals surface area contributed by atoms with Gasteiger partial charge in [0.05, 0.1) is 17.1 Å². The number of sulfonamides is 1. The second-order valence-electron chi connectivity index (χ2n) is 3.96. The Morgan fingerprint density at radius 1 is 1.35 bits per heavy atom. The maximum absolute atomic E-state index is 12.0. The predicted molar refractivity (Wildman–Crippen MR) is 80.8 cm³/mol. The molecule has 5 nitrogen and oxygen atoms in total. The minimum atomic E-state index is -3.55. The monoisotopic (exact) mass is 332 g/mol. The van der Waals surface area contributed by atoms with E-state index in [0.29, 0.717) is 15.8 Å². The van der Waals surface area contributed by atoms with Crippen LogP contribution in [0.2, 0.25) is 4.34 Å². The summed E-state index contributed by atoms with van der Waals surface area (Å²) in [6.45, 7) is 0.145. The number of ether oxygens (including phenoxy) is 1. The Kier molecular flexibility index (Phi) is 4.54. The van der Waals surface area contributed by atoms with Crippen LogP contribution in [0.1, 0.15) is 5.56 Å². The highest BCUT2D eigenvalue weighted by atomic mass is 35.5. The fraction of sp³-hybridized carbons (Fsp3) is 0.167. The van der Waals surface area contributed by atoms with Crippen LogP contribution in [-0.2, 0) is 16.6 Å². The van der Waals surface area contributed by atoms with Gasteiger partial charge in [-0.3, -0.25) is 0 Å². The number of thiophene rings is 1. The number of methoxy groups -OCH3 is 1. The number of hydrogen-bond donors (Lipinski definition) is 2. The number of nitrogens with one attached hydrogen (secondary N) is 1. The quantitative estimate of drug-likeness (QED) is 0.824. The summed E-state index contributed by atoms with van der Waals surface area (Å²) in [7, 11) is -2.03. The molecule has 0 saturated carbocycles. The van der Waals surface area contributed by atoms with Crippen molar-refractivity contribution in [3.63, 3.8) is 0 Å². The standard InChI is InChI=1S/C12H13ClN2O3S2/c1-18-10-3-2-8(6-9(10)14)7-15-20(16,17)12-5-4-11(13)19-12/h2-6,15H,7,14H2,1H3. The smallest absolute Gasteiger partial charge is 0.250 e. The fourth-order valence-corrected chi connectivity index (χ4v) is 4.13. The van der Waals surface area contributed by atoms with E-state index in [1.807, 2.05) is 0 Å². The molecule has 0 aliphatic rings. The number of rotatable bonds is 5. The van der Waals surface area contributed by atoms with Gasteiger partial charge in [0.1, 0.15) is 9.96 Å². The number of nitrogens with two attached hydrogens (primary N) is 1. The van der Waals surface area contributed by atoms with Gasteiger partial charge < -0.3 is 10.5 Å². The van der Waals surface area contributed by atoms with Gasteiger partial charge in [0.2, 0.25) is 10.0 Å². The minimum Gasteiger partial charge on any atom is -0.495 e. The Bertz CT molecular complexity index is 713. The van der Waals surface area contributed by atoms with E-state index in [4.69, 9.17) is 22.1 Å². The molecule has 0 spiro atoms. The van der Waals surface area contributed by atoms with Crippen molar-refractivity contribution in [3.8, 4) is 5.75 Å². The Morgan fingerprint density at radius 2 is 2.10 bits per heavy atom. The Labute approximate surface area is 126 Å². The van der Waals surface area contributed by atoms with E-state index >= 15 is 0 Å². The van der Waals surface area contributed by atoms with Gasteiger partial charge in [-0.05, 0) is 29.8 Å². The molecule has 0 bridgehead atoms. The normalized spacial score (nSPS) is 11.5. The minimum absolute atomic E-state index is 0.145. The number of nitrogen functional groups attached to an aromatic ring is 1. The first kappa shape index (κ1) is 15.1. The van der Waals surface area contributed by atoms with Crippen LogP contribution in [0, 0.1) is 0 Å². The molecule has 0 fully saturated rings. The lowest BCUT2D eigenvalue weighted by Crippen LogP contribution is -2.22. The summed E-state index contributed by atoms with van der Waals surface area (Å²) in [4.78, 5) is 0. The van der Waals surface area contributed by atoms with E-state index in [-0.39, 0.29) is 10.8 Å². The molecule has 1 aromatic heterocycles. The zero-order valence-corrected chi connectivity index (χ0v) is 13.0. The summed E-state index contributed by atoms with van der Waals surface area (Å²) in [6.07, 6.45) is 0. The summed E-state index contributed by atoms with van der Waals surface area (Å²) in [5.74, 6) is 0.557. The number of hydrogen-bond acceptors (Lipinski definition) is 5. The number of benzene rings is 1. The Morgan fingerprint density at radius 3 is 2.65 bits per heavy atom. The van der Waals surface area contributed by atoms with Crippen LogP contribution < -0.4 is 15.2 Å². The molecule has 0 atom stereocenters. The summed E-state index contributed by atoms with van der Waals surface area (Å²) in [5.41, 5.74) is 6.97. The molecule has 2 rings (SSSR count). The van der Waals surface area contributed by atoms with Gasteiger partial charge in [-0.25, -0.2) is 13.1 Å². The van der Waals surface area contributed by atoms with Crippen LogP contribution in [0.3, 0.4) is 0 Å². The molecular weight excluding hydrogens is 320 g/mol. The maximum Gasteiger partial charge on any atom is 0.250 e. The van der Waals surface area contributed by atoms with Crippen LogP contribution in [0.5, 0.6) is 5.75 Å². The predicted octanol–water partition coefficient (Wildman–Crippen LogP) is 2.47. The summed E-state index contributed by atoms with van der Waals surface area (Å²) in [5, 5.41) is 0. The van der Waals surface area contributed by atoms with Crippen LogP contribution in [-0.4, -0.2) is 15.5 Å². The molecule has 0 unspecified atom stereocenters. The van der Waals surface area contributed by atoms with Crippen LogP contribution in [0.25, 0.3) is 0 Å². The second-order valence-corrected chi connectivity index (χ2v) is 7.67. The van der Waals surface area contributed by atoms with Gasteiger partial charge in [-0.2, -0.15) is 0 Å². The van der Waals surface area contributed by atoms with Crippen LogP contribution in [0.15, 0.2) is 34.5 Å². The van der Waals surface area contributed by atoms with Crippen molar-refractivity contribution in [2.24, 2.45) is 0 Å². The van der Waals surface area contributed by atoms with Gasteiger partial charge in [0.25, 0.3) is 0 Å². The third-order valence-corrected chi connectivity index (χ3v) is 5.70. The van der Waals surface area contributed by atoms with Crippen molar-refractivity contribution in [1.29, 1.82) is 0 Å². The third-order valence-electron chi connectivity index (χ3n) is 2.57. The first-order valence-electron chi connectivity index (χ1n) is 5.60. The van der Waals surface area contributed by atoms with Crippen LogP contribution in [0.4, 0.5) is 5.69 Å². The third kappa shape index (κ3) is 3.43.